The van der Waals surface area contributed by atoms with E-state index in [-0.39, 0.29) is 11.6 Å². The molecule has 0 amide bonds. The van der Waals surface area contributed by atoms with Crippen molar-refractivity contribution in [3.05, 3.63) is 34.4 Å². The third-order valence-electron chi connectivity index (χ3n) is 2.53. The van der Waals surface area contributed by atoms with Crippen molar-refractivity contribution >= 4 is 17.7 Å². The second-order valence-electron chi connectivity index (χ2n) is 3.57. The van der Waals surface area contributed by atoms with Gasteiger partial charge < -0.3 is 9.69 Å². The van der Waals surface area contributed by atoms with E-state index in [0.717, 1.165) is 12.0 Å². The Morgan fingerprint density at radius 1 is 1.33 bits per heavy atom. The van der Waals surface area contributed by atoms with Gasteiger partial charge in [0.2, 0.25) is 0 Å². The number of hydrogen-bond acceptors (Lipinski definition) is 4. The highest BCUT2D eigenvalue weighted by Gasteiger charge is 2.26. The number of carbonyl (C=O) groups excluding carboxylic acids is 1. The van der Waals surface area contributed by atoms with Gasteiger partial charge in [0.05, 0.1) is 4.92 Å². The van der Waals surface area contributed by atoms with Gasteiger partial charge in [-0.3, -0.25) is 10.1 Å². The molecule has 1 aromatic carbocycles. The molecule has 0 bridgehead atoms. The Kier molecular flexibility index (Phi) is 2.37. The zero-order valence-corrected chi connectivity index (χ0v) is 8.00. The molecule has 0 aromatic heterocycles. The molecule has 5 heteroatoms. The number of aldehydes is 1. The van der Waals surface area contributed by atoms with Gasteiger partial charge in [0, 0.05) is 36.8 Å². The average molecular weight is 206 g/mol. The van der Waals surface area contributed by atoms with Crippen molar-refractivity contribution in [2.75, 3.05) is 18.0 Å². The van der Waals surface area contributed by atoms with E-state index in [0.29, 0.717) is 13.1 Å². The smallest absolute Gasteiger partial charge is 0.269 e. The summed E-state index contributed by atoms with van der Waals surface area (Å²) in [6.45, 7) is 1.42. The van der Waals surface area contributed by atoms with Crippen molar-refractivity contribution in [2.45, 2.75) is 0 Å². The molecule has 2 rings (SSSR count). The highest BCUT2D eigenvalue weighted by Crippen LogP contribution is 2.25. The Morgan fingerprint density at radius 3 is 2.40 bits per heavy atom. The van der Waals surface area contributed by atoms with E-state index in [2.05, 4.69) is 0 Å². The molecule has 0 atom stereocenters. The molecule has 0 spiro atoms. The minimum atomic E-state index is -0.423. The number of nitrogens with zero attached hydrogens (tertiary/aromatic N) is 2. The highest BCUT2D eigenvalue weighted by molar-refractivity contribution is 5.63. The van der Waals surface area contributed by atoms with Gasteiger partial charge in [-0.1, -0.05) is 0 Å². The van der Waals surface area contributed by atoms with Crippen molar-refractivity contribution in [2.24, 2.45) is 5.92 Å². The van der Waals surface area contributed by atoms with Gasteiger partial charge in [-0.25, -0.2) is 0 Å². The van der Waals surface area contributed by atoms with Crippen molar-refractivity contribution in [1.29, 1.82) is 0 Å². The summed E-state index contributed by atoms with van der Waals surface area (Å²) < 4.78 is 0. The van der Waals surface area contributed by atoms with Gasteiger partial charge in [-0.05, 0) is 12.1 Å². The van der Waals surface area contributed by atoms with Crippen molar-refractivity contribution in [3.8, 4) is 0 Å². The summed E-state index contributed by atoms with van der Waals surface area (Å²) in [5.41, 5.74) is 1.02. The zero-order chi connectivity index (χ0) is 10.8. The van der Waals surface area contributed by atoms with Crippen LogP contribution in [-0.2, 0) is 4.79 Å². The predicted octanol–water partition coefficient (Wildman–Crippen LogP) is 1.23. The summed E-state index contributed by atoms with van der Waals surface area (Å²) in [4.78, 5) is 22.4. The van der Waals surface area contributed by atoms with E-state index in [9.17, 15) is 14.9 Å². The predicted molar refractivity (Wildman–Crippen MR) is 54.9 cm³/mol. The second kappa shape index (κ2) is 3.68. The summed E-state index contributed by atoms with van der Waals surface area (Å²) >= 11 is 0. The molecule has 1 saturated heterocycles. The monoisotopic (exact) mass is 206 g/mol. The van der Waals surface area contributed by atoms with Gasteiger partial charge in [0.15, 0.2) is 0 Å². The molecule has 1 heterocycles. The molecule has 15 heavy (non-hydrogen) atoms. The Balaban J connectivity index is 2.05. The Labute approximate surface area is 86.5 Å². The van der Waals surface area contributed by atoms with Crippen LogP contribution in [0.15, 0.2) is 24.3 Å². The summed E-state index contributed by atoms with van der Waals surface area (Å²) in [5.74, 6) is 0.111. The molecule has 78 valence electrons. The number of carbonyl (C=O) groups is 1. The Hall–Kier alpha value is -1.91. The number of nitro benzene ring substituents is 1. The minimum Gasteiger partial charge on any atom is -0.370 e. The molecule has 1 aromatic rings. The number of non-ortho nitro benzene ring substituents is 1. The maximum atomic E-state index is 10.4. The summed E-state index contributed by atoms with van der Waals surface area (Å²) in [5, 5.41) is 10.4. The standard InChI is InChI=1S/C10H10N2O3/c13-7-8-5-11(6-8)9-1-3-10(4-2-9)12(14)15/h1-4,7-8H,5-6H2. The molecule has 1 aliphatic rings. The van der Waals surface area contributed by atoms with Gasteiger partial charge in [0.25, 0.3) is 5.69 Å². The van der Waals surface area contributed by atoms with Crippen LogP contribution in [0.1, 0.15) is 0 Å². The van der Waals surface area contributed by atoms with Crippen LogP contribution in [0.3, 0.4) is 0 Å². The lowest BCUT2D eigenvalue weighted by Crippen LogP contribution is -2.47. The fourth-order valence-electron chi connectivity index (χ4n) is 1.59. The van der Waals surface area contributed by atoms with Crippen LogP contribution in [-0.4, -0.2) is 24.3 Å². The lowest BCUT2D eigenvalue weighted by atomic mass is 10.0. The summed E-state index contributed by atoms with van der Waals surface area (Å²) in [7, 11) is 0. The van der Waals surface area contributed by atoms with E-state index in [1.165, 1.54) is 12.1 Å². The fourth-order valence-corrected chi connectivity index (χ4v) is 1.59. The van der Waals surface area contributed by atoms with Crippen molar-refractivity contribution in [1.82, 2.24) is 0 Å². The van der Waals surface area contributed by atoms with Gasteiger partial charge in [-0.2, -0.15) is 0 Å². The first kappa shape index (κ1) is 9.64. The third-order valence-corrected chi connectivity index (χ3v) is 2.53. The maximum absolute atomic E-state index is 10.4. The SMILES string of the molecule is O=CC1CN(c2ccc([N+](=O)[O-])cc2)C1. The molecule has 1 fully saturated rings. The van der Waals surface area contributed by atoms with Crippen LogP contribution in [0.25, 0.3) is 0 Å². The second-order valence-corrected chi connectivity index (χ2v) is 3.57. The topological polar surface area (TPSA) is 63.5 Å². The van der Waals surface area contributed by atoms with Crippen LogP contribution < -0.4 is 4.90 Å². The number of rotatable bonds is 3. The zero-order valence-electron chi connectivity index (χ0n) is 8.00. The van der Waals surface area contributed by atoms with E-state index >= 15 is 0 Å². The first-order valence-corrected chi connectivity index (χ1v) is 4.65. The van der Waals surface area contributed by atoms with Crippen molar-refractivity contribution in [3.63, 3.8) is 0 Å². The molecular weight excluding hydrogens is 196 g/mol. The largest absolute Gasteiger partial charge is 0.370 e. The molecule has 1 aliphatic heterocycles. The van der Waals surface area contributed by atoms with E-state index in [4.69, 9.17) is 0 Å². The highest BCUT2D eigenvalue weighted by atomic mass is 16.6. The number of benzene rings is 1. The lowest BCUT2D eigenvalue weighted by Gasteiger charge is -2.38. The fraction of sp³-hybridized carbons (Fsp3) is 0.300. The van der Waals surface area contributed by atoms with Gasteiger partial charge in [-0.15, -0.1) is 0 Å². The maximum Gasteiger partial charge on any atom is 0.269 e. The normalized spacial score (nSPS) is 15.9. The van der Waals surface area contributed by atoms with E-state index in [1.807, 2.05) is 4.90 Å². The molecule has 0 radical (unpaired) electrons. The first-order chi connectivity index (χ1) is 7.20. The number of anilines is 1. The van der Waals surface area contributed by atoms with Crippen LogP contribution >= 0.6 is 0 Å². The minimum absolute atomic E-state index is 0.0891. The van der Waals surface area contributed by atoms with Crippen LogP contribution in [0.2, 0.25) is 0 Å². The molecule has 5 nitrogen and oxygen atoms in total. The Bertz CT molecular complexity index is 382. The molecule has 0 saturated carbocycles. The van der Waals surface area contributed by atoms with E-state index < -0.39 is 4.92 Å². The van der Waals surface area contributed by atoms with Crippen molar-refractivity contribution < 1.29 is 9.72 Å². The lowest BCUT2D eigenvalue weighted by molar-refractivity contribution is -0.384. The van der Waals surface area contributed by atoms with Crippen LogP contribution in [0.4, 0.5) is 11.4 Å². The Morgan fingerprint density at radius 2 is 1.93 bits per heavy atom. The van der Waals surface area contributed by atoms with Gasteiger partial charge in [0.1, 0.15) is 6.29 Å². The first-order valence-electron chi connectivity index (χ1n) is 4.65. The van der Waals surface area contributed by atoms with Crippen LogP contribution in [0, 0.1) is 16.0 Å². The number of hydrogen-bond donors (Lipinski definition) is 0. The third kappa shape index (κ3) is 1.81. The quantitative estimate of drug-likeness (QED) is 0.424. The molecule has 0 aliphatic carbocycles. The number of nitro groups is 1. The summed E-state index contributed by atoms with van der Waals surface area (Å²) in [6, 6.07) is 6.37. The van der Waals surface area contributed by atoms with E-state index in [1.54, 1.807) is 12.1 Å². The molecular formula is C10H10N2O3. The summed E-state index contributed by atoms with van der Waals surface area (Å²) in [6.07, 6.45) is 0.946. The van der Waals surface area contributed by atoms with Gasteiger partial charge >= 0.3 is 0 Å². The molecule has 0 unspecified atom stereocenters. The average Bonchev–Trinajstić information content (AvgIpc) is 2.17. The van der Waals surface area contributed by atoms with Crippen LogP contribution in [0.5, 0.6) is 0 Å². The molecule has 0 N–H and O–H groups in total.